The summed E-state index contributed by atoms with van der Waals surface area (Å²) < 4.78 is 14.2. The molecule has 1 aliphatic heterocycles. The third-order valence-corrected chi connectivity index (χ3v) is 5.45. The summed E-state index contributed by atoms with van der Waals surface area (Å²) in [6.07, 6.45) is 3.05. The molecule has 0 radical (unpaired) electrons. The monoisotopic (exact) mass is 431 g/mol. The van der Waals surface area contributed by atoms with E-state index in [2.05, 4.69) is 4.98 Å². The number of ketones is 1. The molecule has 2 heterocycles. The topological polar surface area (TPSA) is 77.9 Å². The standard InChI is InChI=1S/C22H22FN3O3.ClH/c23-17-9-7-16(8-10-17)21(27)6-3-13-26(29)14-11-18(12-15-26)25-20-5-2-1-4-19(20)24-22(25)28;/h1-2,4-5,7-11H,3,6,12-15H2,(H,24,28);1H. The first kappa shape index (κ1) is 22.0. The number of para-hydroxylation sites is 2. The Bertz CT molecular complexity index is 1140. The van der Waals surface area contributed by atoms with Crippen LogP contribution in [0.5, 0.6) is 0 Å². The van der Waals surface area contributed by atoms with Gasteiger partial charge in [0.05, 0.1) is 30.7 Å². The van der Waals surface area contributed by atoms with Gasteiger partial charge in [-0.15, -0.1) is 12.4 Å². The van der Waals surface area contributed by atoms with E-state index in [-0.39, 0.29) is 42.7 Å². The fourth-order valence-corrected chi connectivity index (χ4v) is 3.84. The molecule has 4 rings (SSSR count). The molecule has 1 aromatic heterocycles. The van der Waals surface area contributed by atoms with Crippen molar-refractivity contribution in [2.75, 3.05) is 19.6 Å². The second-order valence-electron chi connectivity index (χ2n) is 7.45. The number of Topliss-reactive ketones (excluding diaryl/α,β-unsaturated/α-hetero) is 1. The molecule has 0 amide bonds. The van der Waals surface area contributed by atoms with Crippen LogP contribution in [0.25, 0.3) is 16.7 Å². The minimum atomic E-state index is -0.405. The molecule has 6 nitrogen and oxygen atoms in total. The Balaban J connectivity index is 0.00000256. The highest BCUT2D eigenvalue weighted by molar-refractivity contribution is 5.95. The molecule has 1 N–H and O–H groups in total. The smallest absolute Gasteiger partial charge is 0.330 e. The molecule has 8 heteroatoms. The number of nitrogens with one attached hydrogen (secondary N) is 1. The molecule has 30 heavy (non-hydrogen) atoms. The largest absolute Gasteiger partial charge is 0.633 e. The summed E-state index contributed by atoms with van der Waals surface area (Å²) >= 11 is 0. The number of hydrogen-bond acceptors (Lipinski definition) is 3. The number of hydrogen-bond donors (Lipinski definition) is 1. The van der Waals surface area contributed by atoms with Gasteiger partial charge in [-0.25, -0.2) is 9.18 Å². The van der Waals surface area contributed by atoms with Gasteiger partial charge in [0.25, 0.3) is 0 Å². The minimum Gasteiger partial charge on any atom is -0.633 e. The lowest BCUT2D eigenvalue weighted by atomic mass is 10.1. The molecular formula is C22H23ClFN3O3. The van der Waals surface area contributed by atoms with E-state index in [1.165, 1.54) is 24.3 Å². The SMILES string of the molecule is Cl.O=C(CCC[N+]1([O-])CC=C(n2c(=O)[nH]c3ccccc32)CC1)c1ccc(F)cc1. The van der Waals surface area contributed by atoms with E-state index >= 15 is 0 Å². The Kier molecular flexibility index (Phi) is 6.55. The van der Waals surface area contributed by atoms with Crippen LogP contribution in [0.2, 0.25) is 0 Å². The number of hydroxylamine groups is 3. The van der Waals surface area contributed by atoms with Crippen molar-refractivity contribution in [3.05, 3.63) is 81.7 Å². The number of rotatable bonds is 6. The summed E-state index contributed by atoms with van der Waals surface area (Å²) in [5.74, 6) is -0.467. The molecule has 1 unspecified atom stereocenters. The van der Waals surface area contributed by atoms with Crippen LogP contribution in [-0.4, -0.2) is 39.6 Å². The number of aromatic amines is 1. The van der Waals surface area contributed by atoms with Crippen LogP contribution >= 0.6 is 12.4 Å². The molecule has 158 valence electrons. The van der Waals surface area contributed by atoms with Crippen LogP contribution in [0.3, 0.4) is 0 Å². The lowest BCUT2D eigenvalue weighted by Crippen LogP contribution is -2.46. The number of carbonyl (C=O) groups excluding carboxylic acids is 1. The predicted octanol–water partition coefficient (Wildman–Crippen LogP) is 4.11. The maximum atomic E-state index is 13.0. The van der Waals surface area contributed by atoms with Crippen molar-refractivity contribution in [3.63, 3.8) is 0 Å². The van der Waals surface area contributed by atoms with Gasteiger partial charge in [0.15, 0.2) is 5.78 Å². The van der Waals surface area contributed by atoms with Crippen LogP contribution in [-0.2, 0) is 0 Å². The molecular weight excluding hydrogens is 409 g/mol. The van der Waals surface area contributed by atoms with Gasteiger partial charge in [0.2, 0.25) is 0 Å². The zero-order valence-corrected chi connectivity index (χ0v) is 17.2. The normalized spacial score (nSPS) is 18.7. The van der Waals surface area contributed by atoms with Crippen LogP contribution in [0.15, 0.2) is 59.4 Å². The quantitative estimate of drug-likeness (QED) is 0.362. The van der Waals surface area contributed by atoms with E-state index in [1.807, 2.05) is 30.3 Å². The number of benzene rings is 2. The molecule has 1 atom stereocenters. The molecule has 0 aliphatic carbocycles. The van der Waals surface area contributed by atoms with Gasteiger partial charge in [0, 0.05) is 30.5 Å². The highest BCUT2D eigenvalue weighted by atomic mass is 35.5. The molecule has 0 saturated heterocycles. The molecule has 0 fully saturated rings. The van der Waals surface area contributed by atoms with Crippen LogP contribution in [0, 0.1) is 11.0 Å². The number of carbonyl (C=O) groups is 1. The molecule has 0 bridgehead atoms. The Morgan fingerprint density at radius 3 is 2.60 bits per heavy atom. The average molecular weight is 432 g/mol. The van der Waals surface area contributed by atoms with Gasteiger partial charge in [-0.2, -0.15) is 0 Å². The van der Waals surface area contributed by atoms with Crippen molar-refractivity contribution in [2.45, 2.75) is 19.3 Å². The van der Waals surface area contributed by atoms with E-state index in [4.69, 9.17) is 0 Å². The van der Waals surface area contributed by atoms with Crippen molar-refractivity contribution < 1.29 is 13.8 Å². The second kappa shape index (κ2) is 8.95. The number of aromatic nitrogens is 2. The van der Waals surface area contributed by atoms with Crippen LogP contribution in [0.1, 0.15) is 29.6 Å². The maximum absolute atomic E-state index is 13.0. The second-order valence-corrected chi connectivity index (χ2v) is 7.45. The molecule has 1 aliphatic rings. The first-order chi connectivity index (χ1) is 14.0. The van der Waals surface area contributed by atoms with Crippen molar-refractivity contribution in [3.8, 4) is 0 Å². The molecule has 0 saturated carbocycles. The fraction of sp³-hybridized carbons (Fsp3) is 0.273. The lowest BCUT2D eigenvalue weighted by Gasteiger charge is -2.44. The summed E-state index contributed by atoms with van der Waals surface area (Å²) in [6, 6.07) is 12.9. The van der Waals surface area contributed by atoms with E-state index in [0.29, 0.717) is 31.5 Å². The van der Waals surface area contributed by atoms with Gasteiger partial charge in [0.1, 0.15) is 5.82 Å². The van der Waals surface area contributed by atoms with Gasteiger partial charge < -0.3 is 14.8 Å². The van der Waals surface area contributed by atoms with Gasteiger partial charge >= 0.3 is 5.69 Å². The summed E-state index contributed by atoms with van der Waals surface area (Å²) in [5.41, 5.74) is 2.67. The summed E-state index contributed by atoms with van der Waals surface area (Å²) in [6.45, 7) is 0.966. The van der Waals surface area contributed by atoms with Crippen LogP contribution in [0.4, 0.5) is 4.39 Å². The first-order valence-corrected chi connectivity index (χ1v) is 9.70. The summed E-state index contributed by atoms with van der Waals surface area (Å²) in [7, 11) is 0. The molecule has 3 aromatic rings. The number of nitrogens with zero attached hydrogens (tertiary/aromatic N) is 2. The van der Waals surface area contributed by atoms with E-state index in [0.717, 1.165) is 16.7 Å². The lowest BCUT2D eigenvalue weighted by molar-refractivity contribution is -0.875. The number of imidazole rings is 1. The van der Waals surface area contributed by atoms with Crippen molar-refractivity contribution in [1.82, 2.24) is 9.55 Å². The van der Waals surface area contributed by atoms with Crippen molar-refractivity contribution >= 4 is 34.9 Å². The van der Waals surface area contributed by atoms with E-state index in [9.17, 15) is 19.2 Å². The van der Waals surface area contributed by atoms with Gasteiger partial charge in [-0.05, 0) is 42.5 Å². The highest BCUT2D eigenvalue weighted by Crippen LogP contribution is 2.24. The van der Waals surface area contributed by atoms with Gasteiger partial charge in [-0.1, -0.05) is 12.1 Å². The number of halogens is 2. The summed E-state index contributed by atoms with van der Waals surface area (Å²) in [4.78, 5) is 27.3. The third-order valence-electron chi connectivity index (χ3n) is 5.45. The number of fused-ring (bicyclic) bond motifs is 1. The average Bonchev–Trinajstić information content (AvgIpc) is 3.05. The Hall–Kier alpha value is -2.74. The molecule has 2 aromatic carbocycles. The predicted molar refractivity (Wildman–Crippen MR) is 117 cm³/mol. The zero-order chi connectivity index (χ0) is 20.4. The van der Waals surface area contributed by atoms with E-state index in [1.54, 1.807) is 4.57 Å². The van der Waals surface area contributed by atoms with Crippen LogP contribution < -0.4 is 5.69 Å². The Morgan fingerprint density at radius 2 is 1.90 bits per heavy atom. The summed E-state index contributed by atoms with van der Waals surface area (Å²) in [5, 5.41) is 13.0. The first-order valence-electron chi connectivity index (χ1n) is 9.70. The van der Waals surface area contributed by atoms with E-state index < -0.39 is 4.65 Å². The number of H-pyrrole nitrogens is 1. The maximum Gasteiger partial charge on any atom is 0.330 e. The van der Waals surface area contributed by atoms with Crippen molar-refractivity contribution in [2.24, 2.45) is 0 Å². The zero-order valence-electron chi connectivity index (χ0n) is 16.3. The Morgan fingerprint density at radius 1 is 1.17 bits per heavy atom. The number of quaternary nitrogens is 1. The van der Waals surface area contributed by atoms with Crippen molar-refractivity contribution in [1.29, 1.82) is 0 Å². The highest BCUT2D eigenvalue weighted by Gasteiger charge is 2.24. The minimum absolute atomic E-state index is 0. The fourth-order valence-electron chi connectivity index (χ4n) is 3.84. The molecule has 0 spiro atoms. The third kappa shape index (κ3) is 4.53. The van der Waals surface area contributed by atoms with Gasteiger partial charge in [-0.3, -0.25) is 9.36 Å². The Labute approximate surface area is 179 Å².